The van der Waals surface area contributed by atoms with Crippen LogP contribution in [0.2, 0.25) is 0 Å². The minimum atomic E-state index is -0.184. The van der Waals surface area contributed by atoms with E-state index in [1.807, 2.05) is 12.1 Å². The number of thiophene rings is 1. The highest BCUT2D eigenvalue weighted by Crippen LogP contribution is 2.25. The molecule has 0 aliphatic carbocycles. The Bertz CT molecular complexity index is 637. The molecule has 0 spiro atoms. The van der Waals surface area contributed by atoms with Gasteiger partial charge in [0.25, 0.3) is 0 Å². The zero-order valence-corrected chi connectivity index (χ0v) is 11.2. The molecule has 1 aromatic heterocycles. The van der Waals surface area contributed by atoms with Gasteiger partial charge in [-0.05, 0) is 46.7 Å². The van der Waals surface area contributed by atoms with Crippen molar-refractivity contribution in [2.24, 2.45) is 0 Å². The molecular formula is C17H13FS. The van der Waals surface area contributed by atoms with Crippen molar-refractivity contribution in [2.45, 2.75) is 6.42 Å². The Morgan fingerprint density at radius 3 is 2.00 bits per heavy atom. The number of benzene rings is 2. The van der Waals surface area contributed by atoms with Crippen molar-refractivity contribution in [3.8, 4) is 10.4 Å². The van der Waals surface area contributed by atoms with E-state index in [0.717, 1.165) is 12.0 Å². The van der Waals surface area contributed by atoms with Crippen LogP contribution in [0.15, 0.2) is 66.0 Å². The summed E-state index contributed by atoms with van der Waals surface area (Å²) < 4.78 is 12.8. The van der Waals surface area contributed by atoms with Gasteiger partial charge in [0.05, 0.1) is 0 Å². The summed E-state index contributed by atoms with van der Waals surface area (Å²) in [4.78, 5) is 1.29. The summed E-state index contributed by atoms with van der Waals surface area (Å²) in [5, 5.41) is 2.09. The second kappa shape index (κ2) is 5.37. The lowest BCUT2D eigenvalue weighted by molar-refractivity contribution is 0.627. The first-order valence-electron chi connectivity index (χ1n) is 6.18. The van der Waals surface area contributed by atoms with Crippen molar-refractivity contribution in [1.82, 2.24) is 0 Å². The molecule has 0 aliphatic heterocycles. The largest absolute Gasteiger partial charge is 0.207 e. The average Bonchev–Trinajstić information content (AvgIpc) is 2.96. The van der Waals surface area contributed by atoms with Gasteiger partial charge in [-0.2, -0.15) is 0 Å². The fourth-order valence-electron chi connectivity index (χ4n) is 2.07. The van der Waals surface area contributed by atoms with Crippen molar-refractivity contribution in [3.05, 3.63) is 83.0 Å². The molecule has 3 rings (SSSR count). The van der Waals surface area contributed by atoms with E-state index in [0.29, 0.717) is 0 Å². The molecule has 0 aliphatic rings. The number of rotatable bonds is 3. The third kappa shape index (κ3) is 2.91. The summed E-state index contributed by atoms with van der Waals surface area (Å²) in [5.74, 6) is -0.184. The topological polar surface area (TPSA) is 0 Å². The van der Waals surface area contributed by atoms with Crippen molar-refractivity contribution < 1.29 is 4.39 Å². The van der Waals surface area contributed by atoms with Crippen LogP contribution >= 0.6 is 11.3 Å². The third-order valence-corrected chi connectivity index (χ3v) is 4.00. The Hall–Kier alpha value is -1.93. The van der Waals surface area contributed by atoms with Crippen LogP contribution in [-0.2, 0) is 6.42 Å². The molecule has 94 valence electrons. The Morgan fingerprint density at radius 1 is 0.789 bits per heavy atom. The maximum absolute atomic E-state index is 12.8. The van der Waals surface area contributed by atoms with Gasteiger partial charge in [0, 0.05) is 4.88 Å². The predicted molar refractivity (Wildman–Crippen MR) is 79.0 cm³/mol. The lowest BCUT2D eigenvalue weighted by Crippen LogP contribution is -1.88. The van der Waals surface area contributed by atoms with Gasteiger partial charge >= 0.3 is 0 Å². The van der Waals surface area contributed by atoms with Crippen molar-refractivity contribution in [1.29, 1.82) is 0 Å². The van der Waals surface area contributed by atoms with Gasteiger partial charge in [0.15, 0.2) is 0 Å². The quantitative estimate of drug-likeness (QED) is 0.616. The Morgan fingerprint density at radius 2 is 1.42 bits per heavy atom. The molecule has 1 heterocycles. The molecule has 0 radical (unpaired) electrons. The Balaban J connectivity index is 1.77. The highest BCUT2D eigenvalue weighted by Gasteiger charge is 2.00. The number of hydrogen-bond acceptors (Lipinski definition) is 1. The summed E-state index contributed by atoms with van der Waals surface area (Å²) in [5.41, 5.74) is 3.62. The molecule has 0 amide bonds. The van der Waals surface area contributed by atoms with Crippen molar-refractivity contribution in [2.75, 3.05) is 0 Å². The monoisotopic (exact) mass is 268 g/mol. The fourth-order valence-corrected chi connectivity index (χ4v) is 2.80. The summed E-state index contributed by atoms with van der Waals surface area (Å²) in [6, 6.07) is 19.4. The molecule has 0 atom stereocenters. The first-order chi connectivity index (χ1) is 9.31. The summed E-state index contributed by atoms with van der Waals surface area (Å²) in [6.45, 7) is 0. The molecule has 0 saturated carbocycles. The highest BCUT2D eigenvalue weighted by molar-refractivity contribution is 7.13. The van der Waals surface area contributed by atoms with Crippen molar-refractivity contribution in [3.63, 3.8) is 0 Å². The number of hydrogen-bond donors (Lipinski definition) is 0. The van der Waals surface area contributed by atoms with Crippen LogP contribution in [0.1, 0.15) is 11.1 Å². The predicted octanol–water partition coefficient (Wildman–Crippen LogP) is 5.15. The fraction of sp³-hybridized carbons (Fsp3) is 0.0588. The zero-order chi connectivity index (χ0) is 13.1. The Kier molecular flexibility index (Phi) is 3.43. The van der Waals surface area contributed by atoms with Crippen LogP contribution in [0.5, 0.6) is 0 Å². The zero-order valence-electron chi connectivity index (χ0n) is 10.3. The van der Waals surface area contributed by atoms with Gasteiger partial charge in [-0.1, -0.05) is 42.5 Å². The van der Waals surface area contributed by atoms with E-state index in [-0.39, 0.29) is 5.82 Å². The maximum atomic E-state index is 12.8. The summed E-state index contributed by atoms with van der Waals surface area (Å²) >= 11 is 1.75. The molecule has 3 aromatic rings. The normalized spacial score (nSPS) is 10.6. The second-order valence-electron chi connectivity index (χ2n) is 4.48. The lowest BCUT2D eigenvalue weighted by atomic mass is 10.0. The van der Waals surface area contributed by atoms with Gasteiger partial charge in [-0.25, -0.2) is 4.39 Å². The molecule has 19 heavy (non-hydrogen) atoms. The first kappa shape index (κ1) is 12.1. The maximum Gasteiger partial charge on any atom is 0.123 e. The van der Waals surface area contributed by atoms with E-state index in [2.05, 4.69) is 41.8 Å². The van der Waals surface area contributed by atoms with Gasteiger partial charge < -0.3 is 0 Å². The highest BCUT2D eigenvalue weighted by atomic mass is 32.1. The van der Waals surface area contributed by atoms with Crippen LogP contribution in [0.25, 0.3) is 10.4 Å². The van der Waals surface area contributed by atoms with Gasteiger partial charge in [-0.15, -0.1) is 11.3 Å². The summed E-state index contributed by atoms with van der Waals surface area (Å²) in [7, 11) is 0. The minimum Gasteiger partial charge on any atom is -0.207 e. The third-order valence-electron chi connectivity index (χ3n) is 3.08. The van der Waals surface area contributed by atoms with Crippen molar-refractivity contribution >= 4 is 11.3 Å². The van der Waals surface area contributed by atoms with Gasteiger partial charge in [-0.3, -0.25) is 0 Å². The lowest BCUT2D eigenvalue weighted by Gasteiger charge is -2.03. The van der Waals surface area contributed by atoms with Crippen LogP contribution in [0, 0.1) is 5.82 Å². The molecule has 0 saturated heterocycles. The SMILES string of the molecule is Fc1ccc(Cc2ccc(-c3cccs3)cc2)cc1. The van der Waals surface area contributed by atoms with Gasteiger partial charge in [0.2, 0.25) is 0 Å². The molecule has 0 bridgehead atoms. The van der Waals surface area contributed by atoms with Gasteiger partial charge in [0.1, 0.15) is 5.82 Å². The van der Waals surface area contributed by atoms with E-state index in [1.54, 1.807) is 11.3 Å². The van der Waals surface area contributed by atoms with Crippen LogP contribution in [0.3, 0.4) is 0 Å². The van der Waals surface area contributed by atoms with E-state index in [4.69, 9.17) is 0 Å². The smallest absolute Gasteiger partial charge is 0.123 e. The molecule has 2 heteroatoms. The van der Waals surface area contributed by atoms with Crippen LogP contribution in [0.4, 0.5) is 4.39 Å². The van der Waals surface area contributed by atoms with Crippen LogP contribution < -0.4 is 0 Å². The molecular weight excluding hydrogens is 255 g/mol. The molecule has 0 unspecified atom stereocenters. The minimum absolute atomic E-state index is 0.184. The molecule has 2 aromatic carbocycles. The number of halogens is 1. The molecule has 0 fully saturated rings. The van der Waals surface area contributed by atoms with E-state index in [1.165, 1.54) is 28.1 Å². The first-order valence-corrected chi connectivity index (χ1v) is 7.06. The molecule has 0 N–H and O–H groups in total. The van der Waals surface area contributed by atoms with Crippen LogP contribution in [-0.4, -0.2) is 0 Å². The average molecular weight is 268 g/mol. The van der Waals surface area contributed by atoms with E-state index in [9.17, 15) is 4.39 Å². The second-order valence-corrected chi connectivity index (χ2v) is 5.43. The summed E-state index contributed by atoms with van der Waals surface area (Å²) in [6.07, 6.45) is 0.838. The van der Waals surface area contributed by atoms with E-state index < -0.39 is 0 Å². The van der Waals surface area contributed by atoms with E-state index >= 15 is 0 Å². The molecule has 0 nitrogen and oxygen atoms in total. The standard InChI is InChI=1S/C17H13FS/c18-16-9-5-14(6-10-16)12-13-3-7-15(8-4-13)17-2-1-11-19-17/h1-11H,12H2. The Labute approximate surface area is 116 Å².